The van der Waals surface area contributed by atoms with Crippen LogP contribution in [0, 0.1) is 5.92 Å². The largest absolute Gasteiger partial charge is 0.355 e. The van der Waals surface area contributed by atoms with Crippen molar-refractivity contribution in [2.24, 2.45) is 11.7 Å². The van der Waals surface area contributed by atoms with Crippen LogP contribution in [0.25, 0.3) is 0 Å². The molecular formula is C16H26N2O. The fourth-order valence-corrected chi connectivity index (χ4v) is 1.99. The van der Waals surface area contributed by atoms with Gasteiger partial charge in [-0.05, 0) is 23.8 Å². The fraction of sp³-hybridized carbons (Fsp3) is 0.562. The Balaban J connectivity index is 2.32. The molecule has 1 aromatic rings. The Morgan fingerprint density at radius 1 is 1.26 bits per heavy atom. The summed E-state index contributed by atoms with van der Waals surface area (Å²) >= 11 is 0. The summed E-state index contributed by atoms with van der Waals surface area (Å²) in [7, 11) is 0. The molecule has 0 aliphatic rings. The third-order valence-electron chi connectivity index (χ3n) is 3.80. The van der Waals surface area contributed by atoms with Crippen molar-refractivity contribution in [2.75, 3.05) is 6.54 Å². The monoisotopic (exact) mass is 262 g/mol. The molecule has 0 heterocycles. The lowest BCUT2D eigenvalue weighted by Gasteiger charge is -2.18. The lowest BCUT2D eigenvalue weighted by molar-refractivity contribution is -0.123. The molecule has 0 aliphatic heterocycles. The molecule has 0 fully saturated rings. The standard InChI is InChI=1S/C16H26N2O/c1-4-12(2)15(17)16(19)18-11-10-13(3)14-8-6-5-7-9-14/h5-9,12-13,15H,4,10-11,17H2,1-3H3,(H,18,19)/t12?,13?,15-/m0/s1. The van der Waals surface area contributed by atoms with E-state index >= 15 is 0 Å². The van der Waals surface area contributed by atoms with Crippen LogP contribution in [0.3, 0.4) is 0 Å². The summed E-state index contributed by atoms with van der Waals surface area (Å²) < 4.78 is 0. The second-order valence-corrected chi connectivity index (χ2v) is 5.30. The van der Waals surface area contributed by atoms with Crippen LogP contribution >= 0.6 is 0 Å². The van der Waals surface area contributed by atoms with Gasteiger partial charge in [0.2, 0.25) is 5.91 Å². The average Bonchev–Trinajstić information content (AvgIpc) is 2.46. The molecule has 3 N–H and O–H groups in total. The summed E-state index contributed by atoms with van der Waals surface area (Å²) in [6, 6.07) is 9.96. The number of carbonyl (C=O) groups excluding carboxylic acids is 1. The molecule has 0 saturated heterocycles. The quantitative estimate of drug-likeness (QED) is 0.793. The summed E-state index contributed by atoms with van der Waals surface area (Å²) in [4.78, 5) is 11.8. The van der Waals surface area contributed by atoms with Gasteiger partial charge in [0, 0.05) is 6.54 Å². The summed E-state index contributed by atoms with van der Waals surface area (Å²) in [6.45, 7) is 6.92. The number of carbonyl (C=O) groups is 1. The van der Waals surface area contributed by atoms with Crippen molar-refractivity contribution >= 4 is 5.91 Å². The highest BCUT2D eigenvalue weighted by Crippen LogP contribution is 2.17. The molecule has 1 rings (SSSR count). The summed E-state index contributed by atoms with van der Waals surface area (Å²) in [5, 5.41) is 2.93. The third-order valence-corrected chi connectivity index (χ3v) is 3.80. The van der Waals surface area contributed by atoms with Crippen molar-refractivity contribution in [1.82, 2.24) is 5.32 Å². The molecule has 1 aromatic carbocycles. The molecule has 0 saturated carbocycles. The summed E-state index contributed by atoms with van der Waals surface area (Å²) in [6.07, 6.45) is 1.86. The normalized spacial score (nSPS) is 15.6. The molecule has 19 heavy (non-hydrogen) atoms. The highest BCUT2D eigenvalue weighted by molar-refractivity contribution is 5.81. The SMILES string of the molecule is CCC(C)[C@H](N)C(=O)NCCC(C)c1ccccc1. The van der Waals surface area contributed by atoms with Crippen molar-refractivity contribution in [3.05, 3.63) is 35.9 Å². The zero-order chi connectivity index (χ0) is 14.3. The van der Waals surface area contributed by atoms with E-state index in [1.165, 1.54) is 5.56 Å². The smallest absolute Gasteiger partial charge is 0.237 e. The van der Waals surface area contributed by atoms with Gasteiger partial charge >= 0.3 is 0 Å². The number of benzene rings is 1. The van der Waals surface area contributed by atoms with Gasteiger partial charge in [0.1, 0.15) is 0 Å². The summed E-state index contributed by atoms with van der Waals surface area (Å²) in [5.74, 6) is 0.641. The van der Waals surface area contributed by atoms with Crippen molar-refractivity contribution in [3.63, 3.8) is 0 Å². The van der Waals surface area contributed by atoms with Crippen molar-refractivity contribution < 1.29 is 4.79 Å². The van der Waals surface area contributed by atoms with Crippen LogP contribution in [0.4, 0.5) is 0 Å². The van der Waals surface area contributed by atoms with Gasteiger partial charge in [-0.1, -0.05) is 57.5 Å². The molecule has 0 spiro atoms. The first-order valence-electron chi connectivity index (χ1n) is 7.14. The molecule has 0 radical (unpaired) electrons. The molecule has 0 bridgehead atoms. The maximum Gasteiger partial charge on any atom is 0.237 e. The van der Waals surface area contributed by atoms with Crippen molar-refractivity contribution in [2.45, 2.75) is 45.6 Å². The third kappa shape index (κ3) is 5.03. The number of hydrogen-bond donors (Lipinski definition) is 2. The molecule has 0 aromatic heterocycles. The average molecular weight is 262 g/mol. The van der Waals surface area contributed by atoms with Crippen LogP contribution in [0.1, 0.15) is 45.1 Å². The van der Waals surface area contributed by atoms with E-state index in [-0.39, 0.29) is 11.8 Å². The molecule has 1 amide bonds. The van der Waals surface area contributed by atoms with E-state index in [2.05, 4.69) is 31.3 Å². The lowest BCUT2D eigenvalue weighted by atomic mass is 9.97. The Morgan fingerprint density at radius 3 is 2.47 bits per heavy atom. The zero-order valence-corrected chi connectivity index (χ0v) is 12.2. The first-order valence-corrected chi connectivity index (χ1v) is 7.14. The van der Waals surface area contributed by atoms with Crippen molar-refractivity contribution in [3.8, 4) is 0 Å². The highest BCUT2D eigenvalue weighted by Gasteiger charge is 2.18. The van der Waals surface area contributed by atoms with E-state index in [0.29, 0.717) is 12.5 Å². The van der Waals surface area contributed by atoms with Crippen LogP contribution in [0.5, 0.6) is 0 Å². The number of nitrogens with two attached hydrogens (primary N) is 1. The summed E-state index contributed by atoms with van der Waals surface area (Å²) in [5.41, 5.74) is 7.20. The Morgan fingerprint density at radius 2 is 1.89 bits per heavy atom. The lowest BCUT2D eigenvalue weighted by Crippen LogP contribution is -2.45. The van der Waals surface area contributed by atoms with E-state index in [4.69, 9.17) is 5.73 Å². The van der Waals surface area contributed by atoms with Crippen LogP contribution in [-0.4, -0.2) is 18.5 Å². The van der Waals surface area contributed by atoms with Gasteiger partial charge in [0.05, 0.1) is 6.04 Å². The second-order valence-electron chi connectivity index (χ2n) is 5.30. The van der Waals surface area contributed by atoms with Gasteiger partial charge in [0.25, 0.3) is 0 Å². The van der Waals surface area contributed by atoms with Gasteiger partial charge < -0.3 is 11.1 Å². The number of nitrogens with one attached hydrogen (secondary N) is 1. The van der Waals surface area contributed by atoms with Crippen LogP contribution in [-0.2, 0) is 4.79 Å². The fourth-order valence-electron chi connectivity index (χ4n) is 1.99. The molecule has 2 unspecified atom stereocenters. The van der Waals surface area contributed by atoms with Crippen molar-refractivity contribution in [1.29, 1.82) is 0 Å². The second kappa shape index (κ2) is 7.95. The van der Waals surface area contributed by atoms with Gasteiger partial charge in [0.15, 0.2) is 0 Å². The molecule has 0 aliphatic carbocycles. The van der Waals surface area contributed by atoms with Gasteiger partial charge in [-0.15, -0.1) is 0 Å². The molecule has 3 heteroatoms. The minimum absolute atomic E-state index is 0.0328. The predicted octanol–water partition coefficient (Wildman–Crippen LogP) is 2.67. The molecule has 106 valence electrons. The maximum absolute atomic E-state index is 11.8. The first kappa shape index (κ1) is 15.7. The first-order chi connectivity index (χ1) is 9.06. The number of rotatable bonds is 7. The zero-order valence-electron chi connectivity index (χ0n) is 12.2. The van der Waals surface area contributed by atoms with E-state index in [1.54, 1.807) is 0 Å². The molecular weight excluding hydrogens is 236 g/mol. The number of amides is 1. The maximum atomic E-state index is 11.8. The van der Waals surface area contributed by atoms with Crippen LogP contribution in [0.15, 0.2) is 30.3 Å². The Hall–Kier alpha value is -1.35. The van der Waals surface area contributed by atoms with E-state index < -0.39 is 6.04 Å². The predicted molar refractivity (Wildman–Crippen MR) is 79.9 cm³/mol. The minimum atomic E-state index is -0.392. The Bertz CT molecular complexity index is 378. The Labute approximate surface area is 116 Å². The van der Waals surface area contributed by atoms with E-state index in [0.717, 1.165) is 12.8 Å². The van der Waals surface area contributed by atoms with Crippen LogP contribution < -0.4 is 11.1 Å². The minimum Gasteiger partial charge on any atom is -0.355 e. The van der Waals surface area contributed by atoms with Crippen LogP contribution in [0.2, 0.25) is 0 Å². The highest BCUT2D eigenvalue weighted by atomic mass is 16.2. The Kier molecular flexibility index (Phi) is 6.57. The number of hydrogen-bond acceptors (Lipinski definition) is 2. The molecule has 3 nitrogen and oxygen atoms in total. The molecule has 3 atom stereocenters. The van der Waals surface area contributed by atoms with Gasteiger partial charge in [-0.25, -0.2) is 0 Å². The van der Waals surface area contributed by atoms with E-state index in [9.17, 15) is 4.79 Å². The van der Waals surface area contributed by atoms with E-state index in [1.807, 2.05) is 25.1 Å². The van der Waals surface area contributed by atoms with Gasteiger partial charge in [-0.2, -0.15) is 0 Å². The van der Waals surface area contributed by atoms with Gasteiger partial charge in [-0.3, -0.25) is 4.79 Å². The topological polar surface area (TPSA) is 55.1 Å².